The molecule has 0 fully saturated rings. The maximum Gasteiger partial charge on any atom is 0.335 e. The topological polar surface area (TPSA) is 298 Å². The minimum atomic E-state index is -1.28. The first-order valence-electron chi connectivity index (χ1n) is 28.9. The van der Waals surface area contributed by atoms with Crippen molar-refractivity contribution in [2.24, 2.45) is 0 Å². The summed E-state index contributed by atoms with van der Waals surface area (Å²) in [5, 5.41) is 85.9. The van der Waals surface area contributed by atoms with E-state index in [1.165, 1.54) is 48.5 Å². The van der Waals surface area contributed by atoms with Crippen LogP contribution in [0.1, 0.15) is 82.9 Å². The van der Waals surface area contributed by atoms with Crippen molar-refractivity contribution in [2.45, 2.75) is 0 Å². The van der Waals surface area contributed by atoms with Gasteiger partial charge in [-0.05, 0) is 266 Å². The summed E-state index contributed by atoms with van der Waals surface area (Å²) in [4.78, 5) is 96.4. The first kappa shape index (κ1) is 59.6. The van der Waals surface area contributed by atoms with Gasteiger partial charge in [0.15, 0.2) is 0 Å². The molecule has 16 nitrogen and oxygen atoms in total. The van der Waals surface area contributed by atoms with Crippen LogP contribution >= 0.6 is 0 Å². The molecule has 0 aliphatic carbocycles. The van der Waals surface area contributed by atoms with E-state index in [1.807, 2.05) is 48.5 Å². The van der Waals surface area contributed by atoms with Crippen LogP contribution in [0.2, 0.25) is 0 Å². The number of benzene rings is 13. The fourth-order valence-corrected chi connectivity index (χ4v) is 12.1. The second-order valence-corrected chi connectivity index (χ2v) is 22.7. The number of fused-ring (bicyclic) bond motifs is 4. The van der Waals surface area contributed by atoms with Crippen molar-refractivity contribution < 1.29 is 79.2 Å². The van der Waals surface area contributed by atoms with Crippen LogP contribution in [0.5, 0.6) is 0 Å². The highest BCUT2D eigenvalue weighted by Crippen LogP contribution is 2.43. The van der Waals surface area contributed by atoms with Crippen molar-refractivity contribution in [1.29, 1.82) is 0 Å². The molecule has 454 valence electrons. The van der Waals surface area contributed by atoms with Crippen molar-refractivity contribution in [2.75, 3.05) is 0 Å². The molecule has 0 aliphatic heterocycles. The molecule has 13 rings (SSSR count). The van der Waals surface area contributed by atoms with Gasteiger partial charge in [-0.3, -0.25) is 0 Å². The van der Waals surface area contributed by atoms with Crippen LogP contribution in [-0.2, 0) is 0 Å². The third-order valence-corrected chi connectivity index (χ3v) is 16.8. The maximum absolute atomic E-state index is 12.1. The number of hydrogen-bond donors (Lipinski definition) is 8. The summed E-state index contributed by atoms with van der Waals surface area (Å²) >= 11 is 0. The Morgan fingerprint density at radius 3 is 0.415 bits per heavy atom. The van der Waals surface area contributed by atoms with Crippen molar-refractivity contribution >= 4 is 90.8 Å². The van der Waals surface area contributed by atoms with Crippen LogP contribution in [0, 0.1) is 0 Å². The molecule has 0 aromatic heterocycles. The molecule has 8 N–H and O–H groups in total. The summed E-state index contributed by atoms with van der Waals surface area (Å²) in [6, 6.07) is 65.9. The molecule has 0 heterocycles. The van der Waals surface area contributed by atoms with Crippen LogP contribution in [0.25, 0.3) is 132 Å². The van der Waals surface area contributed by atoms with E-state index in [4.69, 9.17) is 0 Å². The quantitative estimate of drug-likeness (QED) is 0.0417. The lowest BCUT2D eigenvalue weighted by atomic mass is 9.88. The Hall–Kier alpha value is -13.3. The van der Waals surface area contributed by atoms with E-state index in [0.29, 0.717) is 44.5 Å². The van der Waals surface area contributed by atoms with Gasteiger partial charge in [-0.1, -0.05) is 97.1 Å². The molecule has 0 saturated carbocycles. The highest BCUT2D eigenvalue weighted by Gasteiger charge is 2.21. The lowest BCUT2D eigenvalue weighted by Crippen LogP contribution is -2.03. The standard InChI is InChI=1S/C78H46O16/c79-71(80)59-23-47(24-60(31-59)72(81)82)39-1-9-43(10-2-39)67-35-55-19-51-17-53-21-57-37-69(45-13-5-41(6-14-45)49-27-63(75(87)88)33-64(28-49)76(89)90)70(46-15-7-42(8-16-46)50-29-65(77(91)92)34-66(30-50)78(93)94)38-58(57)22-54(53)18-52(51)20-56(55)36-68(67)44-11-3-40(4-12-44)48-25-61(73(83)84)32-62(26-48)74(85)86/h1-38H,(H,79,80)(H,81,82)(H,83,84)(H,85,86)(H,87,88)(H,89,90)(H,91,92)(H,93,94). The zero-order valence-electron chi connectivity index (χ0n) is 48.8. The number of rotatable bonds is 16. The first-order valence-corrected chi connectivity index (χ1v) is 28.9. The molecular formula is C78H46O16. The second-order valence-electron chi connectivity index (χ2n) is 22.7. The van der Waals surface area contributed by atoms with Gasteiger partial charge in [0.25, 0.3) is 0 Å². The molecule has 0 saturated heterocycles. The SMILES string of the molecule is O=C(O)c1cc(C(=O)O)cc(-c2ccc(-c3cc4cc5cc6cc7cc(-c8ccc(-c9cc(C(=O)O)cc(C(=O)O)c9)cc8)c(-c8ccc(-c9cc(C(=O)O)cc(C(=O)O)c9)cc8)cc7cc6cc5cc4cc3-c3ccc(-c4cc(C(=O)O)cc(C(=O)O)c4)cc3)cc2)c1. The van der Waals surface area contributed by atoms with Crippen LogP contribution in [0.3, 0.4) is 0 Å². The molecule has 0 bridgehead atoms. The van der Waals surface area contributed by atoms with Gasteiger partial charge in [0.05, 0.1) is 44.5 Å². The van der Waals surface area contributed by atoms with Gasteiger partial charge in [0.1, 0.15) is 0 Å². The molecule has 16 heteroatoms. The van der Waals surface area contributed by atoms with Crippen molar-refractivity contribution in [1.82, 2.24) is 0 Å². The van der Waals surface area contributed by atoms with Gasteiger partial charge < -0.3 is 40.9 Å². The average molecular weight is 1240 g/mol. The van der Waals surface area contributed by atoms with Crippen molar-refractivity contribution in [3.63, 3.8) is 0 Å². The minimum absolute atomic E-state index is 0.182. The van der Waals surface area contributed by atoms with Crippen LogP contribution in [-0.4, -0.2) is 88.6 Å². The number of carboxylic acids is 8. The first-order chi connectivity index (χ1) is 45.1. The van der Waals surface area contributed by atoms with Gasteiger partial charge >= 0.3 is 47.8 Å². The molecular weight excluding hydrogens is 1190 g/mol. The summed E-state index contributed by atoms with van der Waals surface area (Å²) in [6.45, 7) is 0. The Kier molecular flexibility index (Phi) is 14.9. The van der Waals surface area contributed by atoms with E-state index >= 15 is 0 Å². The summed E-state index contributed by atoms with van der Waals surface area (Å²) < 4.78 is 0. The Labute approximate surface area is 531 Å². The molecule has 0 aliphatic rings. The largest absolute Gasteiger partial charge is 0.478 e. The number of carboxylic acid groups (broad SMARTS) is 8. The molecule has 0 spiro atoms. The maximum atomic E-state index is 12.1. The Morgan fingerprint density at radius 2 is 0.277 bits per heavy atom. The molecule has 0 unspecified atom stereocenters. The molecule has 0 atom stereocenters. The zero-order valence-corrected chi connectivity index (χ0v) is 48.8. The monoisotopic (exact) mass is 1240 g/mol. The Morgan fingerprint density at radius 1 is 0.149 bits per heavy atom. The van der Waals surface area contributed by atoms with Gasteiger partial charge in [-0.25, -0.2) is 38.4 Å². The van der Waals surface area contributed by atoms with Gasteiger partial charge in [0.2, 0.25) is 0 Å². The fourth-order valence-electron chi connectivity index (χ4n) is 12.1. The number of hydrogen-bond acceptors (Lipinski definition) is 8. The third kappa shape index (κ3) is 11.6. The predicted molar refractivity (Wildman–Crippen MR) is 356 cm³/mol. The van der Waals surface area contributed by atoms with E-state index in [2.05, 4.69) is 60.7 Å². The van der Waals surface area contributed by atoms with Crippen LogP contribution in [0.15, 0.2) is 231 Å². The van der Waals surface area contributed by atoms with Gasteiger partial charge in [-0.2, -0.15) is 0 Å². The Bertz CT molecular complexity index is 4670. The van der Waals surface area contributed by atoms with E-state index in [1.54, 1.807) is 48.5 Å². The van der Waals surface area contributed by atoms with E-state index in [9.17, 15) is 79.2 Å². The average Bonchev–Trinajstić information content (AvgIpc) is 0.777. The molecule has 0 amide bonds. The predicted octanol–water partition coefficient (Wildman–Crippen LogP) is 17.2. The van der Waals surface area contributed by atoms with Crippen LogP contribution < -0.4 is 0 Å². The fraction of sp³-hybridized carbons (Fsp3) is 0. The number of aromatic carboxylic acids is 8. The third-order valence-electron chi connectivity index (χ3n) is 16.8. The smallest absolute Gasteiger partial charge is 0.335 e. The zero-order chi connectivity index (χ0) is 66.0. The molecule has 13 aromatic carbocycles. The second kappa shape index (κ2) is 23.6. The van der Waals surface area contributed by atoms with E-state index < -0.39 is 47.8 Å². The summed E-state index contributed by atoms with van der Waals surface area (Å²) in [7, 11) is 0. The van der Waals surface area contributed by atoms with Gasteiger partial charge in [-0.15, -0.1) is 0 Å². The molecule has 13 aromatic rings. The van der Waals surface area contributed by atoms with Gasteiger partial charge in [0, 0.05) is 0 Å². The summed E-state index contributed by atoms with van der Waals surface area (Å²) in [5.74, 6) is -10.2. The van der Waals surface area contributed by atoms with E-state index in [-0.39, 0.29) is 44.5 Å². The lowest BCUT2D eigenvalue weighted by Gasteiger charge is -2.16. The Balaban J connectivity index is 0.945. The lowest BCUT2D eigenvalue weighted by molar-refractivity contribution is 0.0676. The van der Waals surface area contributed by atoms with E-state index in [0.717, 1.165) is 112 Å². The minimum Gasteiger partial charge on any atom is -0.478 e. The molecule has 0 radical (unpaired) electrons. The highest BCUT2D eigenvalue weighted by molar-refractivity contribution is 6.12. The highest BCUT2D eigenvalue weighted by atomic mass is 16.4. The van der Waals surface area contributed by atoms with Crippen LogP contribution in [0.4, 0.5) is 0 Å². The number of carbonyl (C=O) groups is 8. The van der Waals surface area contributed by atoms with Crippen molar-refractivity contribution in [3.05, 3.63) is 275 Å². The molecule has 94 heavy (non-hydrogen) atoms. The summed E-state index contributed by atoms with van der Waals surface area (Å²) in [5.41, 5.74) is 8.68. The van der Waals surface area contributed by atoms with Crippen molar-refractivity contribution in [3.8, 4) is 89.0 Å². The summed E-state index contributed by atoms with van der Waals surface area (Å²) in [6.07, 6.45) is 0. The normalized spacial score (nSPS) is 11.2.